The lowest BCUT2D eigenvalue weighted by atomic mass is 9.89. The predicted octanol–water partition coefficient (Wildman–Crippen LogP) is 5.46. The number of halogens is 1. The van der Waals surface area contributed by atoms with Crippen LogP contribution in [0.15, 0.2) is 27.6 Å². The maximum Gasteiger partial charge on any atom is 0.293 e. The van der Waals surface area contributed by atoms with Crippen molar-refractivity contribution in [1.82, 2.24) is 4.90 Å². The Morgan fingerprint density at radius 3 is 2.76 bits per heavy atom. The number of thioether (sulfide) groups is 1. The van der Waals surface area contributed by atoms with Crippen LogP contribution in [0.4, 0.5) is 4.79 Å². The molecule has 1 aromatic rings. The summed E-state index contributed by atoms with van der Waals surface area (Å²) in [5.41, 5.74) is 0.805. The lowest BCUT2D eigenvalue weighted by Crippen LogP contribution is -2.34. The second-order valence-corrected chi connectivity index (χ2v) is 8.32. The molecule has 134 valence electrons. The fourth-order valence-corrected chi connectivity index (χ4v) is 4.56. The van der Waals surface area contributed by atoms with Crippen molar-refractivity contribution < 1.29 is 14.3 Å². The third kappa shape index (κ3) is 4.47. The second kappa shape index (κ2) is 8.41. The van der Waals surface area contributed by atoms with E-state index in [-0.39, 0.29) is 11.1 Å². The second-order valence-electron chi connectivity index (χ2n) is 6.41. The Labute approximate surface area is 161 Å². The minimum absolute atomic E-state index is 0.158. The Morgan fingerprint density at radius 1 is 1.28 bits per heavy atom. The molecule has 4 nitrogen and oxygen atoms in total. The molecule has 1 heterocycles. The number of nitrogens with zero attached hydrogens (tertiary/aromatic N) is 1. The van der Waals surface area contributed by atoms with E-state index in [1.54, 1.807) is 6.08 Å². The van der Waals surface area contributed by atoms with Crippen molar-refractivity contribution in [3.63, 3.8) is 0 Å². The number of hydrogen-bond acceptors (Lipinski definition) is 4. The molecule has 0 aromatic heterocycles. The van der Waals surface area contributed by atoms with Crippen LogP contribution < -0.4 is 4.74 Å². The van der Waals surface area contributed by atoms with Crippen molar-refractivity contribution in [2.45, 2.75) is 39.0 Å². The first-order chi connectivity index (χ1) is 12.1. The molecule has 6 heteroatoms. The molecule has 1 saturated carbocycles. The van der Waals surface area contributed by atoms with Gasteiger partial charge in [0.2, 0.25) is 0 Å². The summed E-state index contributed by atoms with van der Waals surface area (Å²) in [6.07, 6.45) is 7.66. The zero-order chi connectivity index (χ0) is 17.8. The van der Waals surface area contributed by atoms with E-state index in [0.717, 1.165) is 34.6 Å². The zero-order valence-electron chi connectivity index (χ0n) is 14.3. The number of carbonyl (C=O) groups excluding carboxylic acids is 2. The van der Waals surface area contributed by atoms with Gasteiger partial charge in [-0.05, 0) is 61.7 Å². The number of rotatable bonds is 5. The molecule has 0 radical (unpaired) electrons. The zero-order valence-corrected chi connectivity index (χ0v) is 16.7. The van der Waals surface area contributed by atoms with Crippen LogP contribution in [0.2, 0.25) is 0 Å². The van der Waals surface area contributed by atoms with E-state index in [0.29, 0.717) is 29.7 Å². The first-order valence-corrected chi connectivity index (χ1v) is 10.4. The van der Waals surface area contributed by atoms with Gasteiger partial charge >= 0.3 is 0 Å². The topological polar surface area (TPSA) is 46.6 Å². The van der Waals surface area contributed by atoms with Crippen LogP contribution >= 0.6 is 27.7 Å². The largest absolute Gasteiger partial charge is 0.493 e. The molecule has 1 aliphatic heterocycles. The molecule has 0 N–H and O–H groups in total. The SMILES string of the molecule is CCOc1ccc(Br)cc1/C=C1/SC(=O)N(CC2CCCCC2)C1=O. The molecule has 25 heavy (non-hydrogen) atoms. The Hall–Kier alpha value is -1.27. The first kappa shape index (κ1) is 18.5. The van der Waals surface area contributed by atoms with E-state index in [1.165, 1.54) is 24.2 Å². The third-order valence-corrected chi connectivity index (χ3v) is 6.00. The molecule has 2 fully saturated rings. The average Bonchev–Trinajstić information content (AvgIpc) is 2.86. The maximum atomic E-state index is 12.7. The lowest BCUT2D eigenvalue weighted by molar-refractivity contribution is -0.123. The molecule has 1 saturated heterocycles. The fraction of sp³-hybridized carbons (Fsp3) is 0.474. The van der Waals surface area contributed by atoms with Gasteiger partial charge in [-0.3, -0.25) is 14.5 Å². The molecule has 1 aliphatic carbocycles. The molecular weight excluding hydrogens is 402 g/mol. The van der Waals surface area contributed by atoms with E-state index in [9.17, 15) is 9.59 Å². The van der Waals surface area contributed by atoms with E-state index < -0.39 is 0 Å². The lowest BCUT2D eigenvalue weighted by Gasteiger charge is -2.25. The fourth-order valence-electron chi connectivity index (χ4n) is 3.35. The van der Waals surface area contributed by atoms with Gasteiger partial charge in [0, 0.05) is 16.6 Å². The summed E-state index contributed by atoms with van der Waals surface area (Å²) in [7, 11) is 0. The average molecular weight is 424 g/mol. The van der Waals surface area contributed by atoms with Crippen LogP contribution in [0.1, 0.15) is 44.6 Å². The third-order valence-electron chi connectivity index (χ3n) is 4.60. The van der Waals surface area contributed by atoms with Crippen LogP contribution in [0.5, 0.6) is 5.75 Å². The number of hydrogen-bond donors (Lipinski definition) is 0. The van der Waals surface area contributed by atoms with Crippen molar-refractivity contribution >= 4 is 44.9 Å². The van der Waals surface area contributed by atoms with Gasteiger partial charge in [0.1, 0.15) is 5.75 Å². The van der Waals surface area contributed by atoms with Gasteiger partial charge in [-0.2, -0.15) is 0 Å². The van der Waals surface area contributed by atoms with Gasteiger partial charge in [-0.1, -0.05) is 35.2 Å². The highest BCUT2D eigenvalue weighted by molar-refractivity contribution is 9.10. The quantitative estimate of drug-likeness (QED) is 0.589. The van der Waals surface area contributed by atoms with E-state index in [2.05, 4.69) is 15.9 Å². The van der Waals surface area contributed by atoms with E-state index in [1.807, 2.05) is 25.1 Å². The summed E-state index contributed by atoms with van der Waals surface area (Å²) in [4.78, 5) is 26.9. The van der Waals surface area contributed by atoms with Gasteiger partial charge in [-0.25, -0.2) is 0 Å². The van der Waals surface area contributed by atoms with E-state index in [4.69, 9.17) is 4.74 Å². The van der Waals surface area contributed by atoms with Crippen molar-refractivity contribution in [2.75, 3.05) is 13.2 Å². The number of amides is 2. The van der Waals surface area contributed by atoms with Gasteiger partial charge < -0.3 is 4.74 Å². The Morgan fingerprint density at radius 2 is 2.04 bits per heavy atom. The van der Waals surface area contributed by atoms with Crippen LogP contribution in [0, 0.1) is 5.92 Å². The smallest absolute Gasteiger partial charge is 0.293 e. The highest BCUT2D eigenvalue weighted by Crippen LogP contribution is 2.36. The molecular formula is C19H22BrNO3S. The monoisotopic (exact) mass is 423 g/mol. The van der Waals surface area contributed by atoms with Gasteiger partial charge in [0.05, 0.1) is 11.5 Å². The van der Waals surface area contributed by atoms with Crippen molar-refractivity contribution in [1.29, 1.82) is 0 Å². The van der Waals surface area contributed by atoms with Gasteiger partial charge in [-0.15, -0.1) is 0 Å². The van der Waals surface area contributed by atoms with Crippen LogP contribution in [0.3, 0.4) is 0 Å². The summed E-state index contributed by atoms with van der Waals surface area (Å²) in [5, 5.41) is -0.158. The highest BCUT2D eigenvalue weighted by Gasteiger charge is 2.36. The summed E-state index contributed by atoms with van der Waals surface area (Å²) in [5.74, 6) is 0.985. The summed E-state index contributed by atoms with van der Waals surface area (Å²) in [6, 6.07) is 5.67. The predicted molar refractivity (Wildman–Crippen MR) is 105 cm³/mol. The van der Waals surface area contributed by atoms with Crippen LogP contribution in [-0.2, 0) is 4.79 Å². The van der Waals surface area contributed by atoms with Gasteiger partial charge in [0.25, 0.3) is 11.1 Å². The number of imide groups is 1. The molecule has 0 spiro atoms. The summed E-state index contributed by atoms with van der Waals surface area (Å²) < 4.78 is 6.53. The van der Waals surface area contributed by atoms with Crippen molar-refractivity contribution in [3.05, 3.63) is 33.1 Å². The summed E-state index contributed by atoms with van der Waals surface area (Å²) in [6.45, 7) is 3.02. The Balaban J connectivity index is 1.79. The standard InChI is InChI=1S/C19H22BrNO3S/c1-2-24-16-9-8-15(20)10-14(16)11-17-18(22)21(19(23)25-17)12-13-6-4-3-5-7-13/h8-11,13H,2-7,12H2,1H3/b17-11+. The normalized spacial score (nSPS) is 20.6. The highest BCUT2D eigenvalue weighted by atomic mass is 79.9. The molecule has 1 aromatic carbocycles. The Kier molecular flexibility index (Phi) is 6.23. The number of carbonyl (C=O) groups is 2. The molecule has 2 aliphatic rings. The first-order valence-electron chi connectivity index (χ1n) is 8.76. The molecule has 0 atom stereocenters. The molecule has 2 amide bonds. The minimum atomic E-state index is -0.178. The van der Waals surface area contributed by atoms with E-state index >= 15 is 0 Å². The minimum Gasteiger partial charge on any atom is -0.493 e. The number of ether oxygens (including phenoxy) is 1. The molecule has 3 rings (SSSR count). The maximum absolute atomic E-state index is 12.7. The van der Waals surface area contributed by atoms with Crippen molar-refractivity contribution in [3.8, 4) is 5.75 Å². The van der Waals surface area contributed by atoms with Crippen molar-refractivity contribution in [2.24, 2.45) is 5.92 Å². The number of benzene rings is 1. The molecule has 0 bridgehead atoms. The van der Waals surface area contributed by atoms with Gasteiger partial charge in [0.15, 0.2) is 0 Å². The summed E-state index contributed by atoms with van der Waals surface area (Å²) >= 11 is 4.47. The Bertz CT molecular complexity index is 698. The van der Waals surface area contributed by atoms with Crippen LogP contribution in [-0.4, -0.2) is 29.2 Å². The molecule has 0 unspecified atom stereocenters. The van der Waals surface area contributed by atoms with Crippen LogP contribution in [0.25, 0.3) is 6.08 Å².